The number of thiophene rings is 1. The van der Waals surface area contributed by atoms with Gasteiger partial charge in [0.25, 0.3) is 0 Å². The number of rotatable bonds is 6. The second-order valence-corrected chi connectivity index (χ2v) is 9.37. The summed E-state index contributed by atoms with van der Waals surface area (Å²) in [6.45, 7) is 9.24. The first kappa shape index (κ1) is 23.6. The number of hydrogen-bond acceptors (Lipinski definition) is 7. The molecule has 33 heavy (non-hydrogen) atoms. The number of nitrogens with zero attached hydrogens (tertiary/aromatic N) is 4. The predicted octanol–water partition coefficient (Wildman–Crippen LogP) is 4.36. The van der Waals surface area contributed by atoms with Crippen LogP contribution < -0.4 is 11.1 Å². The Kier molecular flexibility index (Phi) is 8.23. The third-order valence-corrected chi connectivity index (χ3v) is 6.98. The van der Waals surface area contributed by atoms with Crippen molar-refractivity contribution >= 4 is 38.1 Å². The molecule has 0 saturated carbocycles. The van der Waals surface area contributed by atoms with Crippen LogP contribution in [0.25, 0.3) is 21.0 Å². The molecule has 2 aromatic carbocycles. The van der Waals surface area contributed by atoms with Gasteiger partial charge < -0.3 is 11.1 Å². The first-order valence-electron chi connectivity index (χ1n) is 11.7. The second-order valence-electron chi connectivity index (χ2n) is 8.46. The Labute approximate surface area is 200 Å². The molecule has 0 bridgehead atoms. The molecule has 1 aliphatic rings. The molecule has 7 heteroatoms. The van der Waals surface area contributed by atoms with Crippen molar-refractivity contribution in [1.29, 1.82) is 0 Å². The van der Waals surface area contributed by atoms with Crippen molar-refractivity contribution in [3.8, 4) is 0 Å². The van der Waals surface area contributed by atoms with Crippen molar-refractivity contribution < 1.29 is 0 Å². The van der Waals surface area contributed by atoms with Crippen LogP contribution in [-0.4, -0.2) is 59.5 Å². The molecule has 0 aliphatic carbocycles. The maximum atomic E-state index is 6.13. The van der Waals surface area contributed by atoms with Crippen LogP contribution in [0.1, 0.15) is 24.7 Å². The highest BCUT2D eigenvalue weighted by Gasteiger charge is 2.19. The van der Waals surface area contributed by atoms with Crippen LogP contribution in [0, 0.1) is 0 Å². The minimum absolute atomic E-state index is 0.573. The smallest absolute Gasteiger partial charge is 0.145 e. The van der Waals surface area contributed by atoms with E-state index in [4.69, 9.17) is 10.7 Å². The fourth-order valence-electron chi connectivity index (χ4n) is 4.17. The number of anilines is 1. The monoisotopic (exact) mass is 462 g/mol. The molecule has 1 aliphatic heterocycles. The van der Waals surface area contributed by atoms with Gasteiger partial charge in [-0.3, -0.25) is 9.80 Å². The Bertz CT molecular complexity index is 1160. The van der Waals surface area contributed by atoms with Crippen LogP contribution in [0.3, 0.4) is 0 Å². The Hall–Kier alpha value is -2.58. The fraction of sp³-hybridized carbons (Fsp3) is 0.385. The third kappa shape index (κ3) is 6.06. The van der Waals surface area contributed by atoms with E-state index in [0.717, 1.165) is 62.5 Å². The lowest BCUT2D eigenvalue weighted by atomic mass is 10.1. The minimum atomic E-state index is 0.573. The third-order valence-electron chi connectivity index (χ3n) is 5.96. The summed E-state index contributed by atoms with van der Waals surface area (Å²) in [7, 11) is 1.96. The normalized spacial score (nSPS) is 15.0. The summed E-state index contributed by atoms with van der Waals surface area (Å²) in [5.41, 5.74) is 8.50. The SMILES string of the molecule is CCCNC.Nc1nc(CN2CCN(Cc3csc4ccccc34)CC2)nc2ccccc12. The van der Waals surface area contributed by atoms with E-state index in [2.05, 4.69) is 56.7 Å². The summed E-state index contributed by atoms with van der Waals surface area (Å²) < 4.78 is 1.38. The second kappa shape index (κ2) is 11.5. The van der Waals surface area contributed by atoms with Crippen molar-refractivity contribution in [2.45, 2.75) is 26.4 Å². The lowest BCUT2D eigenvalue weighted by Gasteiger charge is -2.34. The highest BCUT2D eigenvalue weighted by Crippen LogP contribution is 2.27. The van der Waals surface area contributed by atoms with Crippen molar-refractivity contribution in [2.24, 2.45) is 0 Å². The topological polar surface area (TPSA) is 70.3 Å². The molecule has 0 radical (unpaired) electrons. The van der Waals surface area contributed by atoms with E-state index in [1.165, 1.54) is 22.1 Å². The number of hydrogen-bond donors (Lipinski definition) is 2. The number of nitrogens with one attached hydrogen (secondary N) is 1. The number of aromatic nitrogens is 2. The van der Waals surface area contributed by atoms with Gasteiger partial charge in [0.05, 0.1) is 12.1 Å². The molecule has 5 rings (SSSR count). The van der Waals surface area contributed by atoms with E-state index in [1.54, 1.807) is 0 Å². The van der Waals surface area contributed by atoms with E-state index in [9.17, 15) is 0 Å². The van der Waals surface area contributed by atoms with E-state index in [1.807, 2.05) is 42.6 Å². The zero-order valence-electron chi connectivity index (χ0n) is 19.6. The first-order chi connectivity index (χ1) is 16.2. The molecule has 1 saturated heterocycles. The largest absolute Gasteiger partial charge is 0.383 e. The van der Waals surface area contributed by atoms with Gasteiger partial charge in [0.2, 0.25) is 0 Å². The quantitative estimate of drug-likeness (QED) is 0.444. The molecule has 3 N–H and O–H groups in total. The Morgan fingerprint density at radius 1 is 0.909 bits per heavy atom. The fourth-order valence-corrected chi connectivity index (χ4v) is 5.13. The molecule has 0 spiro atoms. The lowest BCUT2D eigenvalue weighted by molar-refractivity contribution is 0.120. The standard InChI is InChI=1S/C22H23N5S.C4H11N/c23-22-18-6-1-3-7-19(18)24-21(25-22)14-27-11-9-26(10-12-27)13-16-15-28-20-8-4-2-5-17(16)20;1-3-4-5-2/h1-8,15H,9-14H2,(H2,23,24,25);5H,3-4H2,1-2H3. The molecule has 4 aromatic rings. The maximum Gasteiger partial charge on any atom is 0.145 e. The molecular weight excluding hydrogens is 428 g/mol. The maximum absolute atomic E-state index is 6.13. The molecule has 174 valence electrons. The molecule has 3 heterocycles. The molecule has 0 amide bonds. The van der Waals surface area contributed by atoms with E-state index in [0.29, 0.717) is 5.82 Å². The van der Waals surface area contributed by atoms with Crippen LogP contribution in [0.4, 0.5) is 5.82 Å². The average Bonchev–Trinajstić information content (AvgIpc) is 3.24. The van der Waals surface area contributed by atoms with Gasteiger partial charge in [0, 0.05) is 42.8 Å². The zero-order chi connectivity index (χ0) is 23.0. The Morgan fingerprint density at radius 3 is 2.27 bits per heavy atom. The number of para-hydroxylation sites is 1. The highest BCUT2D eigenvalue weighted by atomic mass is 32.1. The first-order valence-corrected chi connectivity index (χ1v) is 12.6. The van der Waals surface area contributed by atoms with Crippen molar-refractivity contribution in [3.63, 3.8) is 0 Å². The zero-order valence-corrected chi connectivity index (χ0v) is 20.4. The molecular formula is C26H34N6S. The van der Waals surface area contributed by atoms with Crippen molar-refractivity contribution in [1.82, 2.24) is 25.1 Å². The van der Waals surface area contributed by atoms with Gasteiger partial charge in [-0.2, -0.15) is 0 Å². The number of piperazine rings is 1. The molecule has 1 fully saturated rings. The number of fused-ring (bicyclic) bond motifs is 2. The van der Waals surface area contributed by atoms with Gasteiger partial charge in [0.1, 0.15) is 11.6 Å². The van der Waals surface area contributed by atoms with E-state index in [-0.39, 0.29) is 0 Å². The summed E-state index contributed by atoms with van der Waals surface area (Å²) in [5.74, 6) is 1.39. The van der Waals surface area contributed by atoms with E-state index < -0.39 is 0 Å². The van der Waals surface area contributed by atoms with Gasteiger partial charge >= 0.3 is 0 Å². The molecule has 0 atom stereocenters. The van der Waals surface area contributed by atoms with Crippen LogP contribution in [0.15, 0.2) is 53.9 Å². The van der Waals surface area contributed by atoms with Gasteiger partial charge in [-0.15, -0.1) is 11.3 Å². The minimum Gasteiger partial charge on any atom is -0.383 e. The van der Waals surface area contributed by atoms with Crippen LogP contribution in [0.5, 0.6) is 0 Å². The van der Waals surface area contributed by atoms with Gasteiger partial charge in [-0.1, -0.05) is 37.3 Å². The lowest BCUT2D eigenvalue weighted by Crippen LogP contribution is -2.45. The predicted molar refractivity (Wildman–Crippen MR) is 141 cm³/mol. The summed E-state index contributed by atoms with van der Waals surface area (Å²) in [5, 5.41) is 7.65. The van der Waals surface area contributed by atoms with Crippen molar-refractivity contribution in [3.05, 3.63) is 65.3 Å². The van der Waals surface area contributed by atoms with Gasteiger partial charge in [-0.25, -0.2) is 9.97 Å². The molecule has 0 unspecified atom stereocenters. The Balaban J connectivity index is 0.000000471. The summed E-state index contributed by atoms with van der Waals surface area (Å²) in [6, 6.07) is 16.6. The summed E-state index contributed by atoms with van der Waals surface area (Å²) >= 11 is 1.84. The summed E-state index contributed by atoms with van der Waals surface area (Å²) in [4.78, 5) is 14.2. The Morgan fingerprint density at radius 2 is 1.58 bits per heavy atom. The van der Waals surface area contributed by atoms with Crippen LogP contribution >= 0.6 is 11.3 Å². The number of nitrogens with two attached hydrogens (primary N) is 1. The number of nitrogen functional groups attached to an aromatic ring is 1. The van der Waals surface area contributed by atoms with E-state index >= 15 is 0 Å². The van der Waals surface area contributed by atoms with Gasteiger partial charge in [0.15, 0.2) is 0 Å². The molecule has 6 nitrogen and oxygen atoms in total. The van der Waals surface area contributed by atoms with Crippen LogP contribution in [-0.2, 0) is 13.1 Å². The van der Waals surface area contributed by atoms with Crippen LogP contribution in [0.2, 0.25) is 0 Å². The summed E-state index contributed by atoms with van der Waals surface area (Å²) in [6.07, 6.45) is 1.23. The highest BCUT2D eigenvalue weighted by molar-refractivity contribution is 7.17. The molecule has 2 aromatic heterocycles. The number of benzene rings is 2. The van der Waals surface area contributed by atoms with Crippen molar-refractivity contribution in [2.75, 3.05) is 45.5 Å². The van der Waals surface area contributed by atoms with Gasteiger partial charge in [-0.05, 0) is 54.5 Å². The average molecular weight is 463 g/mol.